The number of nitrogens with zero attached hydrogens (tertiary/aromatic N) is 1. The minimum atomic E-state index is 0. The van der Waals surface area contributed by atoms with Gasteiger partial charge in [-0.05, 0) is 35.9 Å². The molecule has 0 aliphatic rings. The van der Waals surface area contributed by atoms with Crippen molar-refractivity contribution in [2.45, 2.75) is 6.54 Å². The first kappa shape index (κ1) is 14.0. The van der Waals surface area contributed by atoms with E-state index in [2.05, 4.69) is 10.3 Å². The summed E-state index contributed by atoms with van der Waals surface area (Å²) < 4.78 is 0. The Labute approximate surface area is 112 Å². The van der Waals surface area contributed by atoms with Gasteiger partial charge in [-0.1, -0.05) is 6.07 Å². The van der Waals surface area contributed by atoms with Gasteiger partial charge in [0, 0.05) is 30.2 Å². The van der Waals surface area contributed by atoms with Crippen LogP contribution in [0, 0.1) is 5.41 Å². The zero-order chi connectivity index (χ0) is 12.1. The van der Waals surface area contributed by atoms with Gasteiger partial charge in [0.1, 0.15) is 5.84 Å². The average Bonchev–Trinajstić information content (AvgIpc) is 2.38. The number of amidine groups is 1. The van der Waals surface area contributed by atoms with Gasteiger partial charge in [-0.3, -0.25) is 10.4 Å². The smallest absolute Gasteiger partial charge is 0.122 e. The quantitative estimate of drug-likeness (QED) is 0.585. The number of halogens is 1. The van der Waals surface area contributed by atoms with Crippen molar-refractivity contribution >= 4 is 23.9 Å². The Kier molecular flexibility index (Phi) is 5.14. The number of aromatic nitrogens is 1. The number of rotatable bonds is 4. The van der Waals surface area contributed by atoms with Gasteiger partial charge in [0.05, 0.1) is 0 Å². The molecule has 1 aromatic heterocycles. The molecule has 2 aromatic rings. The molecule has 0 atom stereocenters. The summed E-state index contributed by atoms with van der Waals surface area (Å²) in [7, 11) is 0. The third kappa shape index (κ3) is 3.75. The number of hydrogen-bond donors (Lipinski definition) is 3. The molecule has 4 N–H and O–H groups in total. The molecule has 1 aromatic carbocycles. The van der Waals surface area contributed by atoms with Crippen molar-refractivity contribution in [2.24, 2.45) is 5.73 Å². The van der Waals surface area contributed by atoms with Crippen LogP contribution in [0.1, 0.15) is 11.1 Å². The van der Waals surface area contributed by atoms with Gasteiger partial charge >= 0.3 is 0 Å². The Hall–Kier alpha value is -2.07. The maximum Gasteiger partial charge on any atom is 0.122 e. The fourth-order valence-electron chi connectivity index (χ4n) is 1.47. The largest absolute Gasteiger partial charge is 0.384 e. The van der Waals surface area contributed by atoms with Crippen LogP contribution in [-0.2, 0) is 6.54 Å². The highest BCUT2D eigenvalue weighted by Gasteiger charge is 1.97. The SMILES string of the molecule is Cl.N=C(N)c1ccc(NCc2cccnc2)cc1. The second-order valence-corrected chi connectivity index (χ2v) is 3.71. The Morgan fingerprint density at radius 1 is 1.22 bits per heavy atom. The monoisotopic (exact) mass is 262 g/mol. The highest BCUT2D eigenvalue weighted by molar-refractivity contribution is 5.95. The van der Waals surface area contributed by atoms with Crippen LogP contribution in [0.4, 0.5) is 5.69 Å². The Morgan fingerprint density at radius 3 is 2.50 bits per heavy atom. The Balaban J connectivity index is 0.00000162. The number of nitrogens with two attached hydrogens (primary N) is 1. The van der Waals surface area contributed by atoms with E-state index in [4.69, 9.17) is 11.1 Å². The lowest BCUT2D eigenvalue weighted by Crippen LogP contribution is -2.10. The van der Waals surface area contributed by atoms with Gasteiger partial charge in [-0.15, -0.1) is 12.4 Å². The summed E-state index contributed by atoms with van der Waals surface area (Å²) in [4.78, 5) is 4.05. The number of nitrogen functional groups attached to an aromatic ring is 1. The zero-order valence-electron chi connectivity index (χ0n) is 9.76. The predicted octanol–water partition coefficient (Wildman–Crippen LogP) is 2.40. The Morgan fingerprint density at radius 2 is 1.94 bits per heavy atom. The van der Waals surface area contributed by atoms with E-state index in [9.17, 15) is 0 Å². The summed E-state index contributed by atoms with van der Waals surface area (Å²) in [5.74, 6) is 0.0869. The number of hydrogen-bond acceptors (Lipinski definition) is 3. The predicted molar refractivity (Wildman–Crippen MR) is 76.3 cm³/mol. The van der Waals surface area contributed by atoms with E-state index in [1.165, 1.54) is 0 Å². The van der Waals surface area contributed by atoms with Gasteiger partial charge < -0.3 is 11.1 Å². The third-order valence-corrected chi connectivity index (χ3v) is 2.42. The molecule has 0 radical (unpaired) electrons. The fraction of sp³-hybridized carbons (Fsp3) is 0.0769. The summed E-state index contributed by atoms with van der Waals surface area (Å²) in [6.07, 6.45) is 3.59. The zero-order valence-corrected chi connectivity index (χ0v) is 10.6. The topological polar surface area (TPSA) is 74.8 Å². The van der Waals surface area contributed by atoms with Crippen molar-refractivity contribution in [2.75, 3.05) is 5.32 Å². The van der Waals surface area contributed by atoms with Crippen molar-refractivity contribution in [1.82, 2.24) is 4.98 Å². The van der Waals surface area contributed by atoms with Crippen molar-refractivity contribution in [3.8, 4) is 0 Å². The van der Waals surface area contributed by atoms with E-state index in [-0.39, 0.29) is 18.2 Å². The highest BCUT2D eigenvalue weighted by Crippen LogP contribution is 2.10. The highest BCUT2D eigenvalue weighted by atomic mass is 35.5. The molecule has 0 aliphatic heterocycles. The standard InChI is InChI=1S/C13H14N4.ClH/c14-13(15)11-3-5-12(6-4-11)17-9-10-2-1-7-16-8-10;/h1-8,17H,9H2,(H3,14,15);1H. The Bertz CT molecular complexity index is 496. The van der Waals surface area contributed by atoms with Crippen LogP contribution in [0.2, 0.25) is 0 Å². The van der Waals surface area contributed by atoms with Crippen LogP contribution >= 0.6 is 12.4 Å². The number of nitrogens with one attached hydrogen (secondary N) is 2. The van der Waals surface area contributed by atoms with Gasteiger partial charge in [0.2, 0.25) is 0 Å². The van der Waals surface area contributed by atoms with Crippen LogP contribution in [0.3, 0.4) is 0 Å². The van der Waals surface area contributed by atoms with Gasteiger partial charge in [0.15, 0.2) is 0 Å². The van der Waals surface area contributed by atoms with E-state index in [1.807, 2.05) is 42.6 Å². The minimum absolute atomic E-state index is 0. The molecule has 0 bridgehead atoms. The molecule has 18 heavy (non-hydrogen) atoms. The lowest BCUT2D eigenvalue weighted by atomic mass is 10.2. The summed E-state index contributed by atoms with van der Waals surface area (Å²) in [5, 5.41) is 10.6. The summed E-state index contributed by atoms with van der Waals surface area (Å²) >= 11 is 0. The molecular weight excluding hydrogens is 248 g/mol. The molecule has 0 saturated heterocycles. The first-order chi connectivity index (χ1) is 8.25. The van der Waals surface area contributed by atoms with Gasteiger partial charge in [-0.25, -0.2) is 0 Å². The minimum Gasteiger partial charge on any atom is -0.384 e. The molecule has 0 aliphatic carbocycles. The van der Waals surface area contributed by atoms with Crippen molar-refractivity contribution in [3.05, 3.63) is 59.9 Å². The maximum absolute atomic E-state index is 7.29. The molecule has 0 fully saturated rings. The normalized spacial score (nSPS) is 9.33. The number of anilines is 1. The van der Waals surface area contributed by atoms with Gasteiger partial charge in [0.25, 0.3) is 0 Å². The number of benzene rings is 1. The van der Waals surface area contributed by atoms with E-state index in [1.54, 1.807) is 6.20 Å². The molecule has 1 heterocycles. The van der Waals surface area contributed by atoms with E-state index >= 15 is 0 Å². The third-order valence-electron chi connectivity index (χ3n) is 2.42. The van der Waals surface area contributed by atoms with Crippen LogP contribution in [0.5, 0.6) is 0 Å². The molecule has 0 unspecified atom stereocenters. The molecule has 2 rings (SSSR count). The molecule has 0 saturated carbocycles. The van der Waals surface area contributed by atoms with Crippen LogP contribution in [-0.4, -0.2) is 10.8 Å². The van der Waals surface area contributed by atoms with Crippen LogP contribution in [0.15, 0.2) is 48.8 Å². The summed E-state index contributed by atoms with van der Waals surface area (Å²) in [5.41, 5.74) is 8.24. The molecule has 5 heteroatoms. The fourth-order valence-corrected chi connectivity index (χ4v) is 1.47. The van der Waals surface area contributed by atoms with Crippen molar-refractivity contribution in [3.63, 3.8) is 0 Å². The van der Waals surface area contributed by atoms with Crippen molar-refractivity contribution in [1.29, 1.82) is 5.41 Å². The number of pyridine rings is 1. The maximum atomic E-state index is 7.29. The molecule has 0 spiro atoms. The molecule has 4 nitrogen and oxygen atoms in total. The average molecular weight is 263 g/mol. The molecular formula is C13H15ClN4. The first-order valence-corrected chi connectivity index (χ1v) is 5.33. The summed E-state index contributed by atoms with van der Waals surface area (Å²) in [6, 6.07) is 11.4. The molecule has 0 amide bonds. The molecule has 94 valence electrons. The second-order valence-electron chi connectivity index (χ2n) is 3.71. The lowest BCUT2D eigenvalue weighted by molar-refractivity contribution is 1.11. The van der Waals surface area contributed by atoms with Gasteiger partial charge in [-0.2, -0.15) is 0 Å². The van der Waals surface area contributed by atoms with Crippen LogP contribution < -0.4 is 11.1 Å². The van der Waals surface area contributed by atoms with E-state index < -0.39 is 0 Å². The van der Waals surface area contributed by atoms with E-state index in [0.717, 1.165) is 23.4 Å². The second kappa shape index (κ2) is 6.61. The lowest BCUT2D eigenvalue weighted by Gasteiger charge is -2.06. The van der Waals surface area contributed by atoms with Crippen molar-refractivity contribution < 1.29 is 0 Å². The summed E-state index contributed by atoms with van der Waals surface area (Å²) in [6.45, 7) is 0.729. The van der Waals surface area contributed by atoms with Crippen LogP contribution in [0.25, 0.3) is 0 Å². The van der Waals surface area contributed by atoms with E-state index in [0.29, 0.717) is 0 Å². The first-order valence-electron chi connectivity index (χ1n) is 5.33.